The van der Waals surface area contributed by atoms with Gasteiger partial charge in [-0.05, 0) is 61.1 Å². The molecule has 2 atom stereocenters. The van der Waals surface area contributed by atoms with Crippen LogP contribution >= 0.6 is 0 Å². The fourth-order valence-corrected chi connectivity index (χ4v) is 4.84. The van der Waals surface area contributed by atoms with Crippen molar-refractivity contribution in [3.8, 4) is 11.5 Å². The smallest absolute Gasteiger partial charge is 0.336 e. The van der Waals surface area contributed by atoms with Crippen molar-refractivity contribution in [2.24, 2.45) is 0 Å². The van der Waals surface area contributed by atoms with Gasteiger partial charge in [-0.3, -0.25) is 4.79 Å². The number of methoxy groups -OCH3 is 2. The molecule has 0 radical (unpaired) electrons. The van der Waals surface area contributed by atoms with Crippen LogP contribution < -0.4 is 14.8 Å². The maximum atomic E-state index is 13.6. The van der Waals surface area contributed by atoms with Crippen molar-refractivity contribution in [2.45, 2.75) is 44.9 Å². The summed E-state index contributed by atoms with van der Waals surface area (Å²) in [5.41, 5.74) is 4.67. The normalized spacial score (nSPS) is 19.9. The topological polar surface area (TPSA) is 73.9 Å². The molecule has 1 N–H and O–H groups in total. The van der Waals surface area contributed by atoms with Crippen LogP contribution in [0.2, 0.25) is 0 Å². The van der Waals surface area contributed by atoms with Crippen molar-refractivity contribution in [3.63, 3.8) is 0 Å². The minimum absolute atomic E-state index is 0.0415. The average molecular weight is 462 g/mol. The number of ether oxygens (including phenoxy) is 3. The number of rotatable bonds is 7. The quantitative estimate of drug-likeness (QED) is 0.584. The fraction of sp³-hybridized carbons (Fsp3) is 0.357. The number of carbonyl (C=O) groups is 2. The molecule has 6 nitrogen and oxygen atoms in total. The zero-order valence-corrected chi connectivity index (χ0v) is 20.1. The van der Waals surface area contributed by atoms with Crippen LogP contribution in [0, 0.1) is 0 Å². The third-order valence-corrected chi connectivity index (χ3v) is 6.51. The Morgan fingerprint density at radius 2 is 1.62 bits per heavy atom. The highest BCUT2D eigenvalue weighted by Gasteiger charge is 2.41. The van der Waals surface area contributed by atoms with Crippen molar-refractivity contribution in [3.05, 3.63) is 82.2 Å². The number of ketones is 1. The van der Waals surface area contributed by atoms with E-state index in [0.29, 0.717) is 36.3 Å². The van der Waals surface area contributed by atoms with Crippen LogP contribution in [0.4, 0.5) is 0 Å². The molecule has 1 heterocycles. The van der Waals surface area contributed by atoms with E-state index in [9.17, 15) is 9.59 Å². The largest absolute Gasteiger partial charge is 0.497 e. The number of esters is 1. The van der Waals surface area contributed by atoms with Crippen LogP contribution in [0.1, 0.15) is 56.1 Å². The van der Waals surface area contributed by atoms with Gasteiger partial charge in [-0.15, -0.1) is 0 Å². The summed E-state index contributed by atoms with van der Waals surface area (Å²) in [6.07, 6.45) is 1.99. The van der Waals surface area contributed by atoms with Gasteiger partial charge in [0, 0.05) is 29.3 Å². The molecule has 34 heavy (non-hydrogen) atoms. The molecule has 0 saturated carbocycles. The van der Waals surface area contributed by atoms with E-state index >= 15 is 0 Å². The summed E-state index contributed by atoms with van der Waals surface area (Å²) in [5, 5.41) is 3.36. The molecule has 0 fully saturated rings. The van der Waals surface area contributed by atoms with Crippen molar-refractivity contribution >= 4 is 11.8 Å². The molecule has 2 aromatic rings. The van der Waals surface area contributed by atoms with Gasteiger partial charge in [0.25, 0.3) is 0 Å². The number of Topliss-reactive ketones (excluding diaryl/α,β-unsaturated/α-hetero) is 1. The second kappa shape index (κ2) is 10.2. The van der Waals surface area contributed by atoms with Gasteiger partial charge in [-0.1, -0.05) is 31.2 Å². The third-order valence-electron chi connectivity index (χ3n) is 6.51. The lowest BCUT2D eigenvalue weighted by molar-refractivity contribution is -0.136. The Balaban J connectivity index is 1.72. The highest BCUT2D eigenvalue weighted by atomic mass is 16.5. The SMILES string of the molecule is CCCOc1ccc(C2C(C(=O)OC)=C(C)NC3=C2C(=O)CC(c2ccc(OC)cc2)C3)cc1. The second-order valence-electron chi connectivity index (χ2n) is 8.70. The zero-order chi connectivity index (χ0) is 24.2. The molecule has 0 bridgehead atoms. The Bertz CT molecular complexity index is 1130. The molecule has 2 aliphatic rings. The van der Waals surface area contributed by atoms with Crippen LogP contribution in [-0.2, 0) is 14.3 Å². The van der Waals surface area contributed by atoms with E-state index in [1.54, 1.807) is 7.11 Å². The average Bonchev–Trinajstić information content (AvgIpc) is 2.86. The minimum Gasteiger partial charge on any atom is -0.497 e. The monoisotopic (exact) mass is 461 g/mol. The summed E-state index contributed by atoms with van der Waals surface area (Å²) in [7, 11) is 3.01. The highest BCUT2D eigenvalue weighted by molar-refractivity contribution is 6.04. The summed E-state index contributed by atoms with van der Waals surface area (Å²) in [6, 6.07) is 15.5. The second-order valence-corrected chi connectivity index (χ2v) is 8.70. The predicted octanol–water partition coefficient (Wildman–Crippen LogP) is 5.02. The van der Waals surface area contributed by atoms with E-state index in [0.717, 1.165) is 34.7 Å². The van der Waals surface area contributed by atoms with Crippen molar-refractivity contribution in [1.29, 1.82) is 0 Å². The first-order chi connectivity index (χ1) is 16.5. The van der Waals surface area contributed by atoms with Crippen molar-refractivity contribution in [2.75, 3.05) is 20.8 Å². The lowest BCUT2D eigenvalue weighted by Gasteiger charge is -2.36. The van der Waals surface area contributed by atoms with Crippen LogP contribution in [-0.4, -0.2) is 32.6 Å². The molecule has 1 aliphatic carbocycles. The van der Waals surface area contributed by atoms with Crippen LogP contribution in [0.15, 0.2) is 71.1 Å². The molecule has 4 rings (SSSR count). The Labute approximate surface area is 200 Å². The summed E-state index contributed by atoms with van der Waals surface area (Å²) >= 11 is 0. The first-order valence-electron chi connectivity index (χ1n) is 11.7. The Morgan fingerprint density at radius 1 is 0.971 bits per heavy atom. The van der Waals surface area contributed by atoms with Gasteiger partial charge in [0.1, 0.15) is 11.5 Å². The van der Waals surface area contributed by atoms with Gasteiger partial charge in [0.15, 0.2) is 5.78 Å². The van der Waals surface area contributed by atoms with Gasteiger partial charge >= 0.3 is 5.97 Å². The van der Waals surface area contributed by atoms with E-state index in [-0.39, 0.29) is 11.7 Å². The number of allylic oxidation sites excluding steroid dienone is 3. The van der Waals surface area contributed by atoms with E-state index in [2.05, 4.69) is 12.2 Å². The standard InChI is InChI=1S/C28H31NO5/c1-5-14-34-22-12-8-19(9-13-22)26-25(28(31)33-4)17(2)29-23-15-20(16-24(30)27(23)26)18-6-10-21(32-3)11-7-18/h6-13,20,26,29H,5,14-16H2,1-4H3. The third kappa shape index (κ3) is 4.58. The first-order valence-corrected chi connectivity index (χ1v) is 11.7. The lowest BCUT2D eigenvalue weighted by Crippen LogP contribution is -2.36. The Morgan fingerprint density at radius 3 is 2.24 bits per heavy atom. The maximum absolute atomic E-state index is 13.6. The number of dihydropyridines is 1. The number of carbonyl (C=O) groups excluding carboxylic acids is 2. The van der Waals surface area contributed by atoms with E-state index in [1.165, 1.54) is 7.11 Å². The summed E-state index contributed by atoms with van der Waals surface area (Å²) in [4.78, 5) is 26.4. The summed E-state index contributed by atoms with van der Waals surface area (Å²) < 4.78 is 16.1. The molecule has 2 aromatic carbocycles. The van der Waals surface area contributed by atoms with Gasteiger partial charge in [0.2, 0.25) is 0 Å². The minimum atomic E-state index is -0.478. The Kier molecular flexibility index (Phi) is 7.06. The number of hydrogen-bond acceptors (Lipinski definition) is 6. The molecule has 178 valence electrons. The fourth-order valence-electron chi connectivity index (χ4n) is 4.84. The van der Waals surface area contributed by atoms with E-state index < -0.39 is 11.9 Å². The van der Waals surface area contributed by atoms with E-state index in [1.807, 2.05) is 55.5 Å². The zero-order valence-electron chi connectivity index (χ0n) is 20.1. The lowest BCUT2D eigenvalue weighted by atomic mass is 9.71. The summed E-state index contributed by atoms with van der Waals surface area (Å²) in [6.45, 7) is 4.56. The molecule has 2 unspecified atom stereocenters. The number of benzene rings is 2. The molecular formula is C28H31NO5. The molecule has 6 heteroatoms. The number of hydrogen-bond donors (Lipinski definition) is 1. The summed E-state index contributed by atoms with van der Waals surface area (Å²) in [5.74, 6) is 0.742. The van der Waals surface area contributed by atoms with Crippen LogP contribution in [0.5, 0.6) is 11.5 Å². The van der Waals surface area contributed by atoms with Crippen LogP contribution in [0.3, 0.4) is 0 Å². The van der Waals surface area contributed by atoms with Crippen molar-refractivity contribution < 1.29 is 23.8 Å². The Hall–Kier alpha value is -3.54. The number of nitrogens with one attached hydrogen (secondary N) is 1. The predicted molar refractivity (Wildman–Crippen MR) is 130 cm³/mol. The van der Waals surface area contributed by atoms with Gasteiger partial charge in [-0.2, -0.15) is 0 Å². The van der Waals surface area contributed by atoms with Gasteiger partial charge in [-0.25, -0.2) is 4.79 Å². The van der Waals surface area contributed by atoms with Gasteiger partial charge in [0.05, 0.1) is 26.4 Å². The molecule has 0 amide bonds. The van der Waals surface area contributed by atoms with Crippen molar-refractivity contribution in [1.82, 2.24) is 5.32 Å². The van der Waals surface area contributed by atoms with Gasteiger partial charge < -0.3 is 19.5 Å². The molecule has 1 aliphatic heterocycles. The molecule has 0 saturated heterocycles. The molecule has 0 aromatic heterocycles. The highest BCUT2D eigenvalue weighted by Crippen LogP contribution is 2.46. The maximum Gasteiger partial charge on any atom is 0.336 e. The van der Waals surface area contributed by atoms with E-state index in [4.69, 9.17) is 14.2 Å². The first kappa shape index (κ1) is 23.6. The van der Waals surface area contributed by atoms with Crippen LogP contribution in [0.25, 0.3) is 0 Å². The molecule has 0 spiro atoms. The molecular weight excluding hydrogens is 430 g/mol.